The van der Waals surface area contributed by atoms with Gasteiger partial charge in [0.05, 0.1) is 5.56 Å². The Labute approximate surface area is 119 Å². The van der Waals surface area contributed by atoms with E-state index in [4.69, 9.17) is 0 Å². The van der Waals surface area contributed by atoms with E-state index in [2.05, 4.69) is 36.8 Å². The topological polar surface area (TPSA) is 72.7 Å². The standard InChI is InChI=1S/C10H7BrF3N5O/c11-8-2-1-6(3-7(8)10(12,13)14)16-9(20)4-19-5-15-17-18-19/h1-3,5H,4H2,(H,16,20). The molecule has 1 heterocycles. The van der Waals surface area contributed by atoms with Crippen LogP contribution in [0.1, 0.15) is 5.56 Å². The van der Waals surface area contributed by atoms with Crippen LogP contribution in [0.25, 0.3) is 0 Å². The first-order valence-electron chi connectivity index (χ1n) is 5.23. The Kier molecular flexibility index (Phi) is 4.02. The van der Waals surface area contributed by atoms with Gasteiger partial charge in [-0.25, -0.2) is 4.68 Å². The summed E-state index contributed by atoms with van der Waals surface area (Å²) in [5, 5.41) is 12.5. The Hall–Kier alpha value is -1.97. The van der Waals surface area contributed by atoms with Gasteiger partial charge in [0.15, 0.2) is 0 Å². The van der Waals surface area contributed by atoms with E-state index in [0.29, 0.717) is 0 Å². The zero-order chi connectivity index (χ0) is 14.8. The van der Waals surface area contributed by atoms with Crippen LogP contribution in [0, 0.1) is 0 Å². The Morgan fingerprint density at radius 1 is 1.40 bits per heavy atom. The highest BCUT2D eigenvalue weighted by Crippen LogP contribution is 2.36. The number of alkyl halides is 3. The summed E-state index contributed by atoms with van der Waals surface area (Å²) in [4.78, 5) is 11.6. The van der Waals surface area contributed by atoms with Gasteiger partial charge in [0.25, 0.3) is 0 Å². The van der Waals surface area contributed by atoms with Crippen LogP contribution >= 0.6 is 15.9 Å². The monoisotopic (exact) mass is 349 g/mol. The third-order valence-corrected chi connectivity index (χ3v) is 2.94. The highest BCUT2D eigenvalue weighted by Gasteiger charge is 2.33. The Morgan fingerprint density at radius 2 is 2.15 bits per heavy atom. The quantitative estimate of drug-likeness (QED) is 0.920. The zero-order valence-corrected chi connectivity index (χ0v) is 11.3. The minimum absolute atomic E-state index is 0.0404. The molecule has 2 aromatic rings. The molecular weight excluding hydrogens is 343 g/mol. The highest BCUT2D eigenvalue weighted by atomic mass is 79.9. The summed E-state index contributed by atoms with van der Waals surface area (Å²) >= 11 is 2.82. The number of amides is 1. The molecule has 0 bridgehead atoms. The molecule has 20 heavy (non-hydrogen) atoms. The lowest BCUT2D eigenvalue weighted by atomic mass is 10.2. The van der Waals surface area contributed by atoms with Crippen LogP contribution in [-0.2, 0) is 17.5 Å². The molecule has 10 heteroatoms. The third-order valence-electron chi connectivity index (χ3n) is 2.25. The molecule has 2 rings (SSSR count). The fourth-order valence-corrected chi connectivity index (χ4v) is 1.89. The number of rotatable bonds is 3. The summed E-state index contributed by atoms with van der Waals surface area (Å²) in [5.41, 5.74) is -0.823. The van der Waals surface area contributed by atoms with Crippen LogP contribution in [0.5, 0.6) is 0 Å². The van der Waals surface area contributed by atoms with E-state index in [1.54, 1.807) is 0 Å². The first-order chi connectivity index (χ1) is 9.36. The van der Waals surface area contributed by atoms with Crippen molar-refractivity contribution in [3.63, 3.8) is 0 Å². The Bertz CT molecular complexity index is 614. The van der Waals surface area contributed by atoms with Crippen molar-refractivity contribution < 1.29 is 18.0 Å². The number of benzene rings is 1. The second kappa shape index (κ2) is 5.57. The molecule has 1 aromatic carbocycles. The van der Waals surface area contributed by atoms with Crippen LogP contribution in [0.3, 0.4) is 0 Å². The van der Waals surface area contributed by atoms with Gasteiger partial charge in [-0.15, -0.1) is 5.10 Å². The largest absolute Gasteiger partial charge is 0.417 e. The number of hydrogen-bond acceptors (Lipinski definition) is 4. The summed E-state index contributed by atoms with van der Waals surface area (Å²) in [6, 6.07) is 3.42. The van der Waals surface area contributed by atoms with E-state index in [-0.39, 0.29) is 16.7 Å². The number of carbonyl (C=O) groups excluding carboxylic acids is 1. The van der Waals surface area contributed by atoms with Crippen LogP contribution in [0.15, 0.2) is 29.0 Å². The zero-order valence-electron chi connectivity index (χ0n) is 9.73. The van der Waals surface area contributed by atoms with Gasteiger partial charge in [-0.3, -0.25) is 4.79 Å². The lowest BCUT2D eigenvalue weighted by Crippen LogP contribution is -2.19. The number of nitrogens with zero attached hydrogens (tertiary/aromatic N) is 4. The SMILES string of the molecule is O=C(Cn1cnnn1)Nc1ccc(Br)c(C(F)(F)F)c1. The van der Waals surface area contributed by atoms with Gasteiger partial charge in [-0.2, -0.15) is 13.2 Å². The van der Waals surface area contributed by atoms with Gasteiger partial charge >= 0.3 is 6.18 Å². The average Bonchev–Trinajstić information content (AvgIpc) is 2.83. The van der Waals surface area contributed by atoms with Crippen LogP contribution in [0.2, 0.25) is 0 Å². The molecular formula is C10H7BrF3N5O. The maximum Gasteiger partial charge on any atom is 0.417 e. The molecule has 6 nitrogen and oxygen atoms in total. The van der Waals surface area contributed by atoms with E-state index in [9.17, 15) is 18.0 Å². The average molecular weight is 350 g/mol. The lowest BCUT2D eigenvalue weighted by molar-refractivity contribution is -0.138. The molecule has 1 N–H and O–H groups in total. The van der Waals surface area contributed by atoms with E-state index >= 15 is 0 Å². The van der Waals surface area contributed by atoms with Crippen molar-refractivity contribution in [1.82, 2.24) is 20.2 Å². The molecule has 0 spiro atoms. The highest BCUT2D eigenvalue weighted by molar-refractivity contribution is 9.10. The third kappa shape index (κ3) is 3.53. The normalized spacial score (nSPS) is 11.4. The van der Waals surface area contributed by atoms with Crippen molar-refractivity contribution >= 4 is 27.5 Å². The Balaban J connectivity index is 2.12. The van der Waals surface area contributed by atoms with Crippen LogP contribution in [0.4, 0.5) is 18.9 Å². The number of aromatic nitrogens is 4. The van der Waals surface area contributed by atoms with Crippen molar-refractivity contribution in [3.05, 3.63) is 34.6 Å². The van der Waals surface area contributed by atoms with Crippen molar-refractivity contribution in [2.24, 2.45) is 0 Å². The molecule has 0 saturated carbocycles. The van der Waals surface area contributed by atoms with E-state index in [1.165, 1.54) is 18.5 Å². The van der Waals surface area contributed by atoms with Crippen molar-refractivity contribution in [2.45, 2.75) is 12.7 Å². The summed E-state index contributed by atoms with van der Waals surface area (Å²) in [6.45, 7) is -0.190. The van der Waals surface area contributed by atoms with Gasteiger partial charge in [-0.1, -0.05) is 15.9 Å². The second-order valence-corrected chi connectivity index (χ2v) is 4.60. The fraction of sp³-hybridized carbons (Fsp3) is 0.200. The molecule has 0 fully saturated rings. The summed E-state index contributed by atoms with van der Waals surface area (Å²) in [5.74, 6) is -0.534. The van der Waals surface area contributed by atoms with Gasteiger partial charge in [0, 0.05) is 10.2 Å². The van der Waals surface area contributed by atoms with Crippen molar-refractivity contribution in [1.29, 1.82) is 0 Å². The number of tetrazole rings is 1. The number of anilines is 1. The van der Waals surface area contributed by atoms with Gasteiger partial charge < -0.3 is 5.32 Å². The fourth-order valence-electron chi connectivity index (χ4n) is 1.42. The molecule has 0 atom stereocenters. The minimum Gasteiger partial charge on any atom is -0.324 e. The molecule has 0 aliphatic rings. The number of carbonyl (C=O) groups is 1. The second-order valence-electron chi connectivity index (χ2n) is 3.75. The van der Waals surface area contributed by atoms with Crippen molar-refractivity contribution in [2.75, 3.05) is 5.32 Å². The van der Waals surface area contributed by atoms with E-state index in [0.717, 1.165) is 10.7 Å². The predicted octanol–water partition coefficient (Wildman–Crippen LogP) is 2.09. The summed E-state index contributed by atoms with van der Waals surface area (Å²) in [7, 11) is 0. The molecule has 0 aliphatic carbocycles. The molecule has 1 amide bonds. The summed E-state index contributed by atoms with van der Waals surface area (Å²) < 4.78 is 39.2. The Morgan fingerprint density at radius 3 is 2.75 bits per heavy atom. The number of nitrogens with one attached hydrogen (secondary N) is 1. The maximum atomic E-state index is 12.7. The first kappa shape index (κ1) is 14.4. The molecule has 0 aliphatic heterocycles. The van der Waals surface area contributed by atoms with E-state index in [1.807, 2.05) is 0 Å². The first-order valence-corrected chi connectivity index (χ1v) is 6.03. The lowest BCUT2D eigenvalue weighted by Gasteiger charge is -2.11. The molecule has 106 valence electrons. The smallest absolute Gasteiger partial charge is 0.324 e. The molecule has 0 radical (unpaired) electrons. The molecule has 0 unspecified atom stereocenters. The van der Waals surface area contributed by atoms with Crippen molar-refractivity contribution in [3.8, 4) is 0 Å². The van der Waals surface area contributed by atoms with Crippen LogP contribution < -0.4 is 5.32 Å². The summed E-state index contributed by atoms with van der Waals surface area (Å²) in [6.07, 6.45) is -3.28. The number of hydrogen-bond donors (Lipinski definition) is 1. The maximum absolute atomic E-state index is 12.7. The minimum atomic E-state index is -4.50. The van der Waals surface area contributed by atoms with Gasteiger partial charge in [0.2, 0.25) is 5.91 Å². The van der Waals surface area contributed by atoms with Crippen LogP contribution in [-0.4, -0.2) is 26.1 Å². The van der Waals surface area contributed by atoms with Gasteiger partial charge in [0.1, 0.15) is 12.9 Å². The predicted molar refractivity (Wildman–Crippen MR) is 65.6 cm³/mol. The molecule has 1 aromatic heterocycles. The van der Waals surface area contributed by atoms with E-state index < -0.39 is 17.6 Å². The van der Waals surface area contributed by atoms with Gasteiger partial charge in [-0.05, 0) is 28.6 Å². The number of halogens is 4. The molecule has 0 saturated heterocycles.